The smallest absolute Gasteiger partial charge is 0.279 e. The Kier molecular flexibility index (Phi) is 3.28. The molecule has 0 bridgehead atoms. The van der Waals surface area contributed by atoms with E-state index in [1.54, 1.807) is 0 Å². The number of hydrogen-bond acceptors (Lipinski definition) is 3. The van der Waals surface area contributed by atoms with Crippen LogP contribution in [0.3, 0.4) is 0 Å². The van der Waals surface area contributed by atoms with Gasteiger partial charge in [-0.15, -0.1) is 0 Å². The number of rotatable bonds is 3. The molecule has 0 amide bonds. The number of aliphatic hydroxyl groups excluding tert-OH is 1. The maximum absolute atomic E-state index is 11.3. The fourth-order valence-corrected chi connectivity index (χ4v) is 2.54. The maximum Gasteiger partial charge on any atom is 0.279 e. The highest BCUT2D eigenvalue weighted by atomic mass is 32.2. The Morgan fingerprint density at radius 3 is 2.54 bits per heavy atom. The van der Waals surface area contributed by atoms with Gasteiger partial charge in [0.2, 0.25) is 0 Å². The third-order valence-corrected chi connectivity index (χ3v) is 3.99. The molecule has 0 aromatic rings. The standard InChI is InChI=1S/C7H16N2O3S/c1-3-6-4-9(5-7(6)10)13(11,12)8-2/h6-8,10H,3-5H2,1-2H3. The van der Waals surface area contributed by atoms with Gasteiger partial charge in [0.1, 0.15) is 0 Å². The van der Waals surface area contributed by atoms with Crippen LogP contribution in [0.1, 0.15) is 13.3 Å². The topological polar surface area (TPSA) is 69.6 Å². The first-order valence-electron chi connectivity index (χ1n) is 4.38. The van der Waals surface area contributed by atoms with Crippen LogP contribution in [-0.4, -0.2) is 44.1 Å². The molecule has 2 atom stereocenters. The molecule has 0 aromatic carbocycles. The summed E-state index contributed by atoms with van der Waals surface area (Å²) in [6.07, 6.45) is 0.282. The predicted molar refractivity (Wildman–Crippen MR) is 49.3 cm³/mol. The first-order chi connectivity index (χ1) is 6.01. The second-order valence-electron chi connectivity index (χ2n) is 3.26. The molecule has 2 unspecified atom stereocenters. The van der Waals surface area contributed by atoms with Crippen molar-refractivity contribution in [2.75, 3.05) is 20.1 Å². The van der Waals surface area contributed by atoms with E-state index in [0.717, 1.165) is 6.42 Å². The van der Waals surface area contributed by atoms with E-state index in [1.807, 2.05) is 6.92 Å². The summed E-state index contributed by atoms with van der Waals surface area (Å²) >= 11 is 0. The van der Waals surface area contributed by atoms with E-state index in [2.05, 4.69) is 4.72 Å². The molecule has 1 saturated heterocycles. The minimum atomic E-state index is -3.35. The van der Waals surface area contributed by atoms with E-state index in [0.29, 0.717) is 6.54 Å². The van der Waals surface area contributed by atoms with Crippen molar-refractivity contribution in [1.82, 2.24) is 9.03 Å². The third-order valence-electron chi connectivity index (χ3n) is 2.50. The normalized spacial score (nSPS) is 31.0. The van der Waals surface area contributed by atoms with Crippen LogP contribution in [0.15, 0.2) is 0 Å². The Labute approximate surface area is 78.9 Å². The summed E-state index contributed by atoms with van der Waals surface area (Å²) in [5, 5.41) is 9.48. The van der Waals surface area contributed by atoms with E-state index >= 15 is 0 Å². The minimum Gasteiger partial charge on any atom is -0.391 e. The second-order valence-corrected chi connectivity index (χ2v) is 5.14. The van der Waals surface area contributed by atoms with Crippen molar-refractivity contribution in [2.24, 2.45) is 5.92 Å². The van der Waals surface area contributed by atoms with Crippen molar-refractivity contribution in [2.45, 2.75) is 19.4 Å². The van der Waals surface area contributed by atoms with Crippen LogP contribution in [0.2, 0.25) is 0 Å². The largest absolute Gasteiger partial charge is 0.391 e. The summed E-state index contributed by atoms with van der Waals surface area (Å²) < 4.78 is 26.1. The van der Waals surface area contributed by atoms with Crippen LogP contribution in [0, 0.1) is 5.92 Å². The number of nitrogens with one attached hydrogen (secondary N) is 1. The zero-order valence-corrected chi connectivity index (χ0v) is 8.71. The van der Waals surface area contributed by atoms with Gasteiger partial charge in [-0.3, -0.25) is 0 Å². The van der Waals surface area contributed by atoms with Crippen molar-refractivity contribution in [1.29, 1.82) is 0 Å². The molecule has 0 spiro atoms. The van der Waals surface area contributed by atoms with Crippen LogP contribution in [0.25, 0.3) is 0 Å². The maximum atomic E-state index is 11.3. The van der Waals surface area contributed by atoms with Crippen LogP contribution < -0.4 is 4.72 Å². The van der Waals surface area contributed by atoms with Crippen molar-refractivity contribution >= 4 is 10.2 Å². The van der Waals surface area contributed by atoms with Gasteiger partial charge in [0.15, 0.2) is 0 Å². The molecule has 5 nitrogen and oxygen atoms in total. The van der Waals surface area contributed by atoms with Crippen molar-refractivity contribution in [3.63, 3.8) is 0 Å². The van der Waals surface area contributed by atoms with Crippen LogP contribution in [0.4, 0.5) is 0 Å². The molecule has 13 heavy (non-hydrogen) atoms. The lowest BCUT2D eigenvalue weighted by molar-refractivity contribution is 0.143. The Hall–Kier alpha value is -0.170. The van der Waals surface area contributed by atoms with Crippen molar-refractivity contribution in [3.8, 4) is 0 Å². The van der Waals surface area contributed by atoms with Gasteiger partial charge in [-0.25, -0.2) is 4.72 Å². The van der Waals surface area contributed by atoms with Gasteiger partial charge in [0.05, 0.1) is 6.10 Å². The number of β-amino-alcohol motifs (C(OH)–C–C–N with tert-alkyl or cyclic N) is 1. The van der Waals surface area contributed by atoms with Crippen LogP contribution in [0.5, 0.6) is 0 Å². The highest BCUT2D eigenvalue weighted by Crippen LogP contribution is 2.21. The first-order valence-corrected chi connectivity index (χ1v) is 5.82. The highest BCUT2D eigenvalue weighted by Gasteiger charge is 2.35. The fraction of sp³-hybridized carbons (Fsp3) is 1.00. The fourth-order valence-electron chi connectivity index (χ4n) is 1.54. The molecule has 1 heterocycles. The lowest BCUT2D eigenvalue weighted by Crippen LogP contribution is -2.37. The van der Waals surface area contributed by atoms with Crippen LogP contribution >= 0.6 is 0 Å². The summed E-state index contributed by atoms with van der Waals surface area (Å²) in [7, 11) is -1.97. The number of nitrogens with zero attached hydrogens (tertiary/aromatic N) is 1. The van der Waals surface area contributed by atoms with E-state index in [1.165, 1.54) is 11.4 Å². The van der Waals surface area contributed by atoms with Gasteiger partial charge in [-0.1, -0.05) is 6.92 Å². The lowest BCUT2D eigenvalue weighted by Gasteiger charge is -2.14. The van der Waals surface area contributed by atoms with Crippen LogP contribution in [-0.2, 0) is 10.2 Å². The molecule has 0 aromatic heterocycles. The van der Waals surface area contributed by atoms with E-state index < -0.39 is 16.3 Å². The molecule has 1 rings (SSSR count). The van der Waals surface area contributed by atoms with Gasteiger partial charge < -0.3 is 5.11 Å². The average molecular weight is 208 g/mol. The SMILES string of the molecule is CCC1CN(S(=O)(=O)NC)CC1O. The molecule has 1 aliphatic rings. The summed E-state index contributed by atoms with van der Waals surface area (Å²) in [6.45, 7) is 2.58. The first kappa shape index (κ1) is 10.9. The Morgan fingerprint density at radius 2 is 2.15 bits per heavy atom. The summed E-state index contributed by atoms with van der Waals surface area (Å²) in [5.74, 6) is 0.0723. The van der Waals surface area contributed by atoms with Gasteiger partial charge >= 0.3 is 0 Å². The van der Waals surface area contributed by atoms with Gasteiger partial charge in [0.25, 0.3) is 10.2 Å². The Morgan fingerprint density at radius 1 is 1.54 bits per heavy atom. The highest BCUT2D eigenvalue weighted by molar-refractivity contribution is 7.87. The summed E-state index contributed by atoms with van der Waals surface area (Å²) in [6, 6.07) is 0. The van der Waals surface area contributed by atoms with Crippen molar-refractivity contribution < 1.29 is 13.5 Å². The molecular formula is C7H16N2O3S. The third kappa shape index (κ3) is 2.19. The zero-order chi connectivity index (χ0) is 10.1. The van der Waals surface area contributed by atoms with Gasteiger partial charge in [-0.2, -0.15) is 12.7 Å². The number of aliphatic hydroxyl groups is 1. The molecule has 78 valence electrons. The average Bonchev–Trinajstić information content (AvgIpc) is 2.47. The molecule has 1 aliphatic heterocycles. The van der Waals surface area contributed by atoms with E-state index in [4.69, 9.17) is 0 Å². The Balaban J connectivity index is 2.68. The van der Waals surface area contributed by atoms with Crippen molar-refractivity contribution in [3.05, 3.63) is 0 Å². The molecule has 6 heteroatoms. The number of hydrogen-bond donors (Lipinski definition) is 2. The quantitative estimate of drug-likeness (QED) is 0.635. The monoisotopic (exact) mass is 208 g/mol. The minimum absolute atomic E-state index is 0.0723. The molecule has 0 radical (unpaired) electrons. The van der Waals surface area contributed by atoms with Gasteiger partial charge in [0, 0.05) is 20.1 Å². The van der Waals surface area contributed by atoms with Gasteiger partial charge in [-0.05, 0) is 12.3 Å². The Bertz CT molecular complexity index is 265. The molecule has 2 N–H and O–H groups in total. The molecular weight excluding hydrogens is 192 g/mol. The van der Waals surface area contributed by atoms with E-state index in [9.17, 15) is 13.5 Å². The zero-order valence-electron chi connectivity index (χ0n) is 7.90. The molecule has 1 fully saturated rings. The summed E-state index contributed by atoms with van der Waals surface area (Å²) in [4.78, 5) is 0. The molecule has 0 saturated carbocycles. The summed E-state index contributed by atoms with van der Waals surface area (Å²) in [5.41, 5.74) is 0. The lowest BCUT2D eigenvalue weighted by atomic mass is 10.0. The second kappa shape index (κ2) is 3.91. The van der Waals surface area contributed by atoms with E-state index in [-0.39, 0.29) is 12.5 Å². The predicted octanol–water partition coefficient (Wildman–Crippen LogP) is -0.847. The molecule has 0 aliphatic carbocycles.